The van der Waals surface area contributed by atoms with Crippen molar-refractivity contribution in [2.24, 2.45) is 0 Å². The fourth-order valence-corrected chi connectivity index (χ4v) is 1.85. The standard InChI is InChI=1S/C14H10Cl2O/c15-12-7-6-11(9-13(12)16)14(17)8-10-4-2-1-3-5-10/h1-7,9H,8H2. The van der Waals surface area contributed by atoms with Gasteiger partial charge in [0.05, 0.1) is 10.0 Å². The average molecular weight is 265 g/mol. The molecule has 2 rings (SSSR count). The number of carbonyl (C=O) groups excluding carboxylic acids is 1. The van der Waals surface area contributed by atoms with Crippen LogP contribution in [0.5, 0.6) is 0 Å². The van der Waals surface area contributed by atoms with Gasteiger partial charge in [0.15, 0.2) is 5.78 Å². The van der Waals surface area contributed by atoms with Crippen molar-refractivity contribution >= 4 is 29.0 Å². The van der Waals surface area contributed by atoms with Gasteiger partial charge in [-0.05, 0) is 23.8 Å². The predicted octanol–water partition coefficient (Wildman–Crippen LogP) is 4.42. The predicted molar refractivity (Wildman–Crippen MR) is 70.9 cm³/mol. The molecule has 0 unspecified atom stereocenters. The van der Waals surface area contributed by atoms with Crippen LogP contribution in [0.25, 0.3) is 0 Å². The molecule has 0 aliphatic heterocycles. The van der Waals surface area contributed by atoms with E-state index >= 15 is 0 Å². The molecule has 0 aliphatic rings. The SMILES string of the molecule is O=C(Cc1ccccc1)c1ccc(Cl)c(Cl)c1. The van der Waals surface area contributed by atoms with E-state index in [9.17, 15) is 4.79 Å². The van der Waals surface area contributed by atoms with Crippen LogP contribution in [0, 0.1) is 0 Å². The van der Waals surface area contributed by atoms with Crippen molar-refractivity contribution in [1.29, 1.82) is 0 Å². The van der Waals surface area contributed by atoms with Gasteiger partial charge in [0.2, 0.25) is 0 Å². The number of hydrogen-bond donors (Lipinski definition) is 0. The molecule has 0 saturated heterocycles. The van der Waals surface area contributed by atoms with Crippen LogP contribution in [-0.2, 0) is 6.42 Å². The Morgan fingerprint density at radius 2 is 1.65 bits per heavy atom. The van der Waals surface area contributed by atoms with Crippen LogP contribution in [0.1, 0.15) is 15.9 Å². The van der Waals surface area contributed by atoms with Crippen LogP contribution in [0.3, 0.4) is 0 Å². The van der Waals surface area contributed by atoms with Crippen molar-refractivity contribution in [3.8, 4) is 0 Å². The summed E-state index contributed by atoms with van der Waals surface area (Å²) < 4.78 is 0. The maximum Gasteiger partial charge on any atom is 0.167 e. The summed E-state index contributed by atoms with van der Waals surface area (Å²) in [5.74, 6) is 0.0368. The van der Waals surface area contributed by atoms with Crippen LogP contribution in [0.15, 0.2) is 48.5 Å². The molecule has 0 amide bonds. The highest BCUT2D eigenvalue weighted by atomic mass is 35.5. The Labute approximate surface area is 110 Å². The first-order valence-electron chi connectivity index (χ1n) is 5.19. The molecule has 0 bridgehead atoms. The largest absolute Gasteiger partial charge is 0.294 e. The zero-order chi connectivity index (χ0) is 12.3. The Kier molecular flexibility index (Phi) is 3.82. The monoisotopic (exact) mass is 264 g/mol. The lowest BCUT2D eigenvalue weighted by atomic mass is 10.0. The third-order valence-corrected chi connectivity index (χ3v) is 3.19. The maximum absolute atomic E-state index is 12.0. The maximum atomic E-state index is 12.0. The topological polar surface area (TPSA) is 17.1 Å². The molecule has 0 heterocycles. The van der Waals surface area contributed by atoms with Crippen molar-refractivity contribution in [2.75, 3.05) is 0 Å². The number of halogens is 2. The first-order chi connectivity index (χ1) is 8.16. The molecule has 3 heteroatoms. The first-order valence-corrected chi connectivity index (χ1v) is 5.94. The summed E-state index contributed by atoms with van der Waals surface area (Å²) >= 11 is 11.7. The Morgan fingerprint density at radius 1 is 0.941 bits per heavy atom. The van der Waals surface area contributed by atoms with Gasteiger partial charge < -0.3 is 0 Å². The lowest BCUT2D eigenvalue weighted by molar-refractivity contribution is 0.0993. The van der Waals surface area contributed by atoms with E-state index in [4.69, 9.17) is 23.2 Å². The van der Waals surface area contributed by atoms with Gasteiger partial charge in [-0.3, -0.25) is 4.79 Å². The number of carbonyl (C=O) groups is 1. The number of ketones is 1. The van der Waals surface area contributed by atoms with Crippen LogP contribution in [0.2, 0.25) is 10.0 Å². The number of rotatable bonds is 3. The van der Waals surface area contributed by atoms with Gasteiger partial charge in [0, 0.05) is 12.0 Å². The van der Waals surface area contributed by atoms with E-state index in [-0.39, 0.29) is 5.78 Å². The highest BCUT2D eigenvalue weighted by Crippen LogP contribution is 2.23. The van der Waals surface area contributed by atoms with Gasteiger partial charge in [-0.2, -0.15) is 0 Å². The number of hydrogen-bond acceptors (Lipinski definition) is 1. The summed E-state index contributed by atoms with van der Waals surface area (Å²) in [6, 6.07) is 14.5. The fraction of sp³-hybridized carbons (Fsp3) is 0.0714. The summed E-state index contributed by atoms with van der Waals surface area (Å²) in [4.78, 5) is 12.0. The van der Waals surface area contributed by atoms with Gasteiger partial charge in [-0.1, -0.05) is 53.5 Å². The second-order valence-electron chi connectivity index (χ2n) is 3.71. The van der Waals surface area contributed by atoms with Crippen molar-refractivity contribution in [3.63, 3.8) is 0 Å². The van der Waals surface area contributed by atoms with E-state index in [0.717, 1.165) is 5.56 Å². The second kappa shape index (κ2) is 5.35. The summed E-state index contributed by atoms with van der Waals surface area (Å²) in [6.07, 6.45) is 0.374. The molecule has 17 heavy (non-hydrogen) atoms. The van der Waals surface area contributed by atoms with Gasteiger partial charge in [0.25, 0.3) is 0 Å². The van der Waals surface area contributed by atoms with Crippen molar-refractivity contribution in [1.82, 2.24) is 0 Å². The zero-order valence-corrected chi connectivity index (χ0v) is 10.5. The first kappa shape index (κ1) is 12.2. The van der Waals surface area contributed by atoms with Crippen LogP contribution < -0.4 is 0 Å². The van der Waals surface area contributed by atoms with E-state index in [1.165, 1.54) is 0 Å². The summed E-state index contributed by atoms with van der Waals surface area (Å²) in [5, 5.41) is 0.869. The molecular formula is C14H10Cl2O. The summed E-state index contributed by atoms with van der Waals surface area (Å²) in [5.41, 5.74) is 1.58. The third kappa shape index (κ3) is 3.09. The van der Waals surface area contributed by atoms with Gasteiger partial charge in [-0.25, -0.2) is 0 Å². The van der Waals surface area contributed by atoms with Gasteiger partial charge in [0.1, 0.15) is 0 Å². The minimum atomic E-state index is 0.0368. The molecule has 0 atom stereocenters. The highest BCUT2D eigenvalue weighted by Gasteiger charge is 2.08. The van der Waals surface area contributed by atoms with Crippen molar-refractivity contribution in [3.05, 3.63) is 69.7 Å². The minimum absolute atomic E-state index is 0.0368. The van der Waals surface area contributed by atoms with Gasteiger partial charge in [-0.15, -0.1) is 0 Å². The smallest absolute Gasteiger partial charge is 0.167 e. The molecule has 0 saturated carbocycles. The molecule has 0 aliphatic carbocycles. The van der Waals surface area contributed by atoms with Crippen molar-refractivity contribution in [2.45, 2.75) is 6.42 Å². The molecule has 2 aromatic carbocycles. The summed E-state index contributed by atoms with van der Waals surface area (Å²) in [6.45, 7) is 0. The van der Waals surface area contributed by atoms with E-state index in [1.807, 2.05) is 30.3 Å². The van der Waals surface area contributed by atoms with Crippen molar-refractivity contribution < 1.29 is 4.79 Å². The second-order valence-corrected chi connectivity index (χ2v) is 4.53. The fourth-order valence-electron chi connectivity index (χ4n) is 1.55. The molecule has 0 radical (unpaired) electrons. The molecule has 0 aromatic heterocycles. The Balaban J connectivity index is 2.18. The van der Waals surface area contributed by atoms with Gasteiger partial charge >= 0.3 is 0 Å². The molecule has 86 valence electrons. The summed E-state index contributed by atoms with van der Waals surface area (Å²) in [7, 11) is 0. The molecular weight excluding hydrogens is 255 g/mol. The quantitative estimate of drug-likeness (QED) is 0.751. The zero-order valence-electron chi connectivity index (χ0n) is 8.99. The lowest BCUT2D eigenvalue weighted by Gasteiger charge is -2.03. The number of Topliss-reactive ketones (excluding diaryl/α,β-unsaturated/α-hetero) is 1. The molecule has 0 fully saturated rings. The lowest BCUT2D eigenvalue weighted by Crippen LogP contribution is -2.03. The minimum Gasteiger partial charge on any atom is -0.294 e. The Hall–Kier alpha value is -1.31. The third-order valence-electron chi connectivity index (χ3n) is 2.45. The van der Waals surface area contributed by atoms with E-state index in [1.54, 1.807) is 18.2 Å². The highest BCUT2D eigenvalue weighted by molar-refractivity contribution is 6.42. The Bertz CT molecular complexity index is 535. The van der Waals surface area contributed by atoms with E-state index in [0.29, 0.717) is 22.0 Å². The molecule has 0 N–H and O–H groups in total. The average Bonchev–Trinajstić information content (AvgIpc) is 2.34. The molecule has 1 nitrogen and oxygen atoms in total. The van der Waals surface area contributed by atoms with Crippen LogP contribution in [0.4, 0.5) is 0 Å². The van der Waals surface area contributed by atoms with Crippen LogP contribution >= 0.6 is 23.2 Å². The van der Waals surface area contributed by atoms with Crippen LogP contribution in [-0.4, -0.2) is 5.78 Å². The van der Waals surface area contributed by atoms with E-state index < -0.39 is 0 Å². The molecule has 0 spiro atoms. The number of benzene rings is 2. The normalized spacial score (nSPS) is 10.2. The van der Waals surface area contributed by atoms with E-state index in [2.05, 4.69) is 0 Å². The molecule has 2 aromatic rings. The Morgan fingerprint density at radius 3 is 2.29 bits per heavy atom.